The smallest absolute Gasteiger partial charge is 0.0989 e. The van der Waals surface area contributed by atoms with Gasteiger partial charge in [0.05, 0.1) is 18.0 Å². The lowest BCUT2D eigenvalue weighted by molar-refractivity contribution is -0.0205. The third kappa shape index (κ3) is 1.90. The quantitative estimate of drug-likeness (QED) is 0.841. The molecule has 0 radical (unpaired) electrons. The van der Waals surface area contributed by atoms with Crippen LogP contribution in [0.5, 0.6) is 0 Å². The molecule has 0 amide bonds. The lowest BCUT2D eigenvalue weighted by atomic mass is 9.84. The fourth-order valence-electron chi connectivity index (χ4n) is 2.25. The number of nitrogens with zero attached hydrogens (tertiary/aromatic N) is 2. The molecule has 88 valence electrons. The van der Waals surface area contributed by atoms with Gasteiger partial charge >= 0.3 is 0 Å². The molecule has 1 aliphatic carbocycles. The van der Waals surface area contributed by atoms with Crippen LogP contribution in [0.25, 0.3) is 5.70 Å². The van der Waals surface area contributed by atoms with Gasteiger partial charge in [-0.15, -0.1) is 0 Å². The topological polar surface area (TPSA) is 39.1 Å². The van der Waals surface area contributed by atoms with Crippen LogP contribution in [0, 0.1) is 0 Å². The van der Waals surface area contributed by atoms with E-state index < -0.39 is 0 Å². The molecule has 0 aromatic carbocycles. The van der Waals surface area contributed by atoms with Crippen molar-refractivity contribution in [1.29, 1.82) is 0 Å². The highest BCUT2D eigenvalue weighted by atomic mass is 16.5. The minimum atomic E-state index is -0.112. The van der Waals surface area contributed by atoms with Crippen LogP contribution in [0.4, 0.5) is 0 Å². The van der Waals surface area contributed by atoms with E-state index in [-0.39, 0.29) is 11.6 Å². The van der Waals surface area contributed by atoms with Crippen molar-refractivity contribution in [2.75, 3.05) is 14.2 Å². The van der Waals surface area contributed by atoms with Gasteiger partial charge in [-0.1, -0.05) is 0 Å². The van der Waals surface area contributed by atoms with Gasteiger partial charge in [-0.3, -0.25) is 0 Å². The minimum absolute atomic E-state index is 0.112. The molecule has 4 heteroatoms. The maximum Gasteiger partial charge on any atom is 0.0989 e. The van der Waals surface area contributed by atoms with Crippen molar-refractivity contribution in [2.24, 2.45) is 0 Å². The van der Waals surface area contributed by atoms with Crippen molar-refractivity contribution in [3.8, 4) is 0 Å². The third-order valence-corrected chi connectivity index (χ3v) is 3.51. The van der Waals surface area contributed by atoms with Crippen LogP contribution in [-0.4, -0.2) is 35.4 Å². The summed E-state index contributed by atoms with van der Waals surface area (Å²) in [5, 5.41) is 3.30. The highest BCUT2D eigenvalue weighted by Gasteiger charge is 2.35. The van der Waals surface area contributed by atoms with E-state index in [0.29, 0.717) is 0 Å². The van der Waals surface area contributed by atoms with Gasteiger partial charge in [0.1, 0.15) is 0 Å². The summed E-state index contributed by atoms with van der Waals surface area (Å²) in [6.45, 7) is 2.15. The highest BCUT2D eigenvalue weighted by Crippen LogP contribution is 2.32. The number of ether oxygens (including phenoxy) is 1. The molecular weight excluding hydrogens is 202 g/mol. The molecule has 2 rings (SSSR count). The average molecular weight is 221 g/mol. The zero-order chi connectivity index (χ0) is 11.6. The molecule has 0 bridgehead atoms. The first kappa shape index (κ1) is 11.4. The Balaban J connectivity index is 2.26. The van der Waals surface area contributed by atoms with E-state index in [9.17, 15) is 0 Å². The number of likely N-dealkylation sites (N-methyl/N-ethyl adjacent to an activating group) is 1. The molecule has 1 aromatic rings. The highest BCUT2D eigenvalue weighted by molar-refractivity contribution is 5.49. The molecule has 2 unspecified atom stereocenters. The van der Waals surface area contributed by atoms with E-state index in [4.69, 9.17) is 4.74 Å². The Hall–Kier alpha value is -1.13. The fourth-order valence-corrected chi connectivity index (χ4v) is 2.25. The van der Waals surface area contributed by atoms with E-state index >= 15 is 0 Å². The predicted molar refractivity (Wildman–Crippen MR) is 64.0 cm³/mol. The molecule has 0 saturated carbocycles. The zero-order valence-electron chi connectivity index (χ0n) is 10.1. The summed E-state index contributed by atoms with van der Waals surface area (Å²) >= 11 is 0. The van der Waals surface area contributed by atoms with Crippen LogP contribution in [-0.2, 0) is 4.74 Å². The average Bonchev–Trinajstić information content (AvgIpc) is 2.83. The van der Waals surface area contributed by atoms with E-state index in [1.807, 2.05) is 19.6 Å². The summed E-state index contributed by atoms with van der Waals surface area (Å²) in [5.41, 5.74) is 1.17. The monoisotopic (exact) mass is 221 g/mol. The Labute approximate surface area is 96.3 Å². The number of hydrogen-bond donors (Lipinski definition) is 1. The molecule has 0 aliphatic heterocycles. The first-order valence-electron chi connectivity index (χ1n) is 5.61. The molecule has 0 fully saturated rings. The maximum atomic E-state index is 5.62. The first-order chi connectivity index (χ1) is 7.69. The Morgan fingerprint density at radius 3 is 3.00 bits per heavy atom. The van der Waals surface area contributed by atoms with E-state index in [1.165, 1.54) is 5.70 Å². The standard InChI is InChI=1S/C12H19N3O/c1-12(16-3)5-4-10(8-11(12)13-2)15-7-6-14-9-15/h6-9,11,13H,4-5H2,1-3H3. The summed E-state index contributed by atoms with van der Waals surface area (Å²) in [6.07, 6.45) is 9.88. The Bertz CT molecular complexity index is 372. The van der Waals surface area contributed by atoms with Crippen LogP contribution in [0.3, 0.4) is 0 Å². The van der Waals surface area contributed by atoms with Crippen molar-refractivity contribution in [3.63, 3.8) is 0 Å². The molecule has 0 saturated heterocycles. The Kier molecular flexibility index (Phi) is 3.12. The minimum Gasteiger partial charge on any atom is -0.377 e. The number of methoxy groups -OCH3 is 1. The Morgan fingerprint density at radius 1 is 1.62 bits per heavy atom. The fraction of sp³-hybridized carbons (Fsp3) is 0.583. The number of nitrogens with one attached hydrogen (secondary N) is 1. The molecule has 2 atom stereocenters. The molecule has 1 aliphatic rings. The predicted octanol–water partition coefficient (Wildman–Crippen LogP) is 1.51. The van der Waals surface area contributed by atoms with Gasteiger partial charge in [0.2, 0.25) is 0 Å². The summed E-state index contributed by atoms with van der Waals surface area (Å²) in [5.74, 6) is 0. The summed E-state index contributed by atoms with van der Waals surface area (Å²) in [7, 11) is 3.75. The molecule has 1 N–H and O–H groups in total. The van der Waals surface area contributed by atoms with Gasteiger partial charge < -0.3 is 14.6 Å². The van der Waals surface area contributed by atoms with Crippen LogP contribution in [0.15, 0.2) is 24.8 Å². The number of aromatic nitrogens is 2. The van der Waals surface area contributed by atoms with Crippen molar-refractivity contribution in [3.05, 3.63) is 24.8 Å². The van der Waals surface area contributed by atoms with Crippen LogP contribution >= 0.6 is 0 Å². The van der Waals surface area contributed by atoms with Crippen molar-refractivity contribution in [2.45, 2.75) is 31.4 Å². The van der Waals surface area contributed by atoms with Crippen molar-refractivity contribution in [1.82, 2.24) is 14.9 Å². The zero-order valence-corrected chi connectivity index (χ0v) is 10.1. The van der Waals surface area contributed by atoms with Crippen molar-refractivity contribution < 1.29 is 4.74 Å². The van der Waals surface area contributed by atoms with Gasteiger partial charge in [0.25, 0.3) is 0 Å². The van der Waals surface area contributed by atoms with Crippen LogP contribution < -0.4 is 5.32 Å². The Morgan fingerprint density at radius 2 is 2.44 bits per heavy atom. The number of rotatable bonds is 3. The van der Waals surface area contributed by atoms with Gasteiger partial charge in [-0.2, -0.15) is 0 Å². The number of imidazole rings is 1. The maximum absolute atomic E-state index is 5.62. The number of allylic oxidation sites excluding steroid dienone is 1. The summed E-state index contributed by atoms with van der Waals surface area (Å²) < 4.78 is 7.68. The van der Waals surface area contributed by atoms with Crippen molar-refractivity contribution >= 4 is 5.70 Å². The SMILES string of the molecule is CNC1C=C(n2ccnc2)CCC1(C)OC. The molecular formula is C12H19N3O. The van der Waals surface area contributed by atoms with Gasteiger partial charge in [0.15, 0.2) is 0 Å². The van der Waals surface area contributed by atoms with E-state index in [0.717, 1.165) is 12.8 Å². The number of hydrogen-bond acceptors (Lipinski definition) is 3. The lowest BCUT2D eigenvalue weighted by Gasteiger charge is -2.38. The second-order valence-corrected chi connectivity index (χ2v) is 4.41. The molecule has 1 aromatic heterocycles. The summed E-state index contributed by atoms with van der Waals surface area (Å²) in [6, 6.07) is 0.239. The lowest BCUT2D eigenvalue weighted by Crippen LogP contribution is -2.49. The van der Waals surface area contributed by atoms with E-state index in [1.54, 1.807) is 13.3 Å². The first-order valence-corrected chi connectivity index (χ1v) is 5.61. The largest absolute Gasteiger partial charge is 0.377 e. The molecule has 16 heavy (non-hydrogen) atoms. The van der Waals surface area contributed by atoms with Gasteiger partial charge in [0, 0.05) is 25.2 Å². The van der Waals surface area contributed by atoms with Gasteiger partial charge in [-0.05, 0) is 32.9 Å². The van der Waals surface area contributed by atoms with Crippen LogP contribution in [0.1, 0.15) is 19.8 Å². The molecule has 0 spiro atoms. The molecule has 4 nitrogen and oxygen atoms in total. The second-order valence-electron chi connectivity index (χ2n) is 4.41. The molecule has 1 heterocycles. The van der Waals surface area contributed by atoms with Crippen LogP contribution in [0.2, 0.25) is 0 Å². The van der Waals surface area contributed by atoms with E-state index in [2.05, 4.69) is 27.9 Å². The normalized spacial score (nSPS) is 30.2. The van der Waals surface area contributed by atoms with Gasteiger partial charge in [-0.25, -0.2) is 4.98 Å². The summed E-state index contributed by atoms with van der Waals surface area (Å²) in [4.78, 5) is 4.08. The third-order valence-electron chi connectivity index (χ3n) is 3.51. The second kappa shape index (κ2) is 4.39.